The molecule has 0 amide bonds. The molecule has 3 aromatic rings. The van der Waals surface area contributed by atoms with Crippen LogP contribution in [0.1, 0.15) is 23.2 Å². The lowest BCUT2D eigenvalue weighted by atomic mass is 10.1. The van der Waals surface area contributed by atoms with Gasteiger partial charge in [-0.25, -0.2) is 18.7 Å². The Bertz CT molecular complexity index is 1090. The number of carbonyl (C=O) groups is 1. The van der Waals surface area contributed by atoms with E-state index in [-0.39, 0.29) is 18.6 Å². The molecule has 1 aliphatic heterocycles. The maximum atomic E-state index is 13.7. The normalized spacial score (nSPS) is 13.6. The number of hydrogen-bond donors (Lipinski definition) is 1. The number of rotatable bonds is 7. The van der Waals surface area contributed by atoms with Gasteiger partial charge in [0.2, 0.25) is 0 Å². The molecule has 31 heavy (non-hydrogen) atoms. The summed E-state index contributed by atoms with van der Waals surface area (Å²) in [6, 6.07) is 11.1. The number of aromatic nitrogens is 2. The Morgan fingerprint density at radius 1 is 1.16 bits per heavy atom. The molecule has 1 aliphatic rings. The summed E-state index contributed by atoms with van der Waals surface area (Å²) in [7, 11) is 0. The van der Waals surface area contributed by atoms with E-state index in [4.69, 9.17) is 9.84 Å². The van der Waals surface area contributed by atoms with Crippen molar-refractivity contribution in [3.63, 3.8) is 0 Å². The first-order valence-corrected chi connectivity index (χ1v) is 9.94. The number of nitrogens with zero attached hydrogens (tertiary/aromatic N) is 3. The van der Waals surface area contributed by atoms with E-state index in [1.807, 2.05) is 12.1 Å². The Labute approximate surface area is 178 Å². The number of carboxylic acids is 1. The molecule has 0 saturated carbocycles. The van der Waals surface area contributed by atoms with Crippen LogP contribution >= 0.6 is 0 Å². The van der Waals surface area contributed by atoms with Gasteiger partial charge in [0, 0.05) is 48.9 Å². The number of carboxylic acid groups (broad SMARTS) is 1. The fraction of sp³-hybridized carbons (Fsp3) is 0.261. The highest BCUT2D eigenvalue weighted by Crippen LogP contribution is 2.24. The molecule has 8 heteroatoms. The van der Waals surface area contributed by atoms with Crippen LogP contribution < -0.4 is 4.74 Å². The molecular weight excluding hydrogens is 404 g/mol. The van der Waals surface area contributed by atoms with Crippen molar-refractivity contribution in [1.82, 2.24) is 14.9 Å². The zero-order valence-corrected chi connectivity index (χ0v) is 16.7. The molecule has 2 aromatic carbocycles. The summed E-state index contributed by atoms with van der Waals surface area (Å²) in [6.07, 6.45) is 2.65. The van der Waals surface area contributed by atoms with E-state index in [1.54, 1.807) is 18.3 Å². The van der Waals surface area contributed by atoms with E-state index in [1.165, 1.54) is 12.1 Å². The van der Waals surface area contributed by atoms with Crippen molar-refractivity contribution < 1.29 is 23.4 Å². The van der Waals surface area contributed by atoms with Crippen molar-refractivity contribution in [2.24, 2.45) is 0 Å². The summed E-state index contributed by atoms with van der Waals surface area (Å²) in [6.45, 7) is 1.85. The summed E-state index contributed by atoms with van der Waals surface area (Å²) in [5.74, 6) is -1.47. The number of benzene rings is 2. The molecule has 0 aliphatic carbocycles. The minimum atomic E-state index is -0.900. The molecule has 0 radical (unpaired) electrons. The first-order chi connectivity index (χ1) is 15.0. The minimum Gasteiger partial charge on any atom is -0.489 e. The van der Waals surface area contributed by atoms with Crippen LogP contribution in [0, 0.1) is 11.6 Å². The van der Waals surface area contributed by atoms with Crippen LogP contribution in [0.25, 0.3) is 11.4 Å². The summed E-state index contributed by atoms with van der Waals surface area (Å²) < 4.78 is 32.6. The molecule has 0 fully saturated rings. The summed E-state index contributed by atoms with van der Waals surface area (Å²) in [5.41, 5.74) is 2.95. The smallest absolute Gasteiger partial charge is 0.304 e. The van der Waals surface area contributed by atoms with E-state index in [2.05, 4.69) is 14.9 Å². The SMILES string of the molecule is O=C(O)CCN1CCc2nc(-c3ccc(OCc4cccc(F)c4F)cc3)ncc2C1. The van der Waals surface area contributed by atoms with Gasteiger partial charge < -0.3 is 9.84 Å². The first kappa shape index (κ1) is 20.9. The van der Waals surface area contributed by atoms with Crippen LogP contribution in [0.4, 0.5) is 8.78 Å². The Morgan fingerprint density at radius 2 is 1.97 bits per heavy atom. The second-order valence-electron chi connectivity index (χ2n) is 7.36. The number of aliphatic carboxylic acids is 1. The van der Waals surface area contributed by atoms with E-state index >= 15 is 0 Å². The number of ether oxygens (including phenoxy) is 1. The lowest BCUT2D eigenvalue weighted by Crippen LogP contribution is -2.33. The van der Waals surface area contributed by atoms with Crippen LogP contribution in [0.2, 0.25) is 0 Å². The fourth-order valence-corrected chi connectivity index (χ4v) is 3.48. The Hall–Kier alpha value is -3.39. The van der Waals surface area contributed by atoms with E-state index < -0.39 is 17.6 Å². The molecule has 0 atom stereocenters. The quantitative estimate of drug-likeness (QED) is 0.620. The third kappa shape index (κ3) is 5.03. The Morgan fingerprint density at radius 3 is 2.74 bits per heavy atom. The predicted molar refractivity (Wildman–Crippen MR) is 109 cm³/mol. The Balaban J connectivity index is 1.40. The van der Waals surface area contributed by atoms with Crippen molar-refractivity contribution in [2.75, 3.05) is 13.1 Å². The van der Waals surface area contributed by atoms with Crippen molar-refractivity contribution in [2.45, 2.75) is 26.0 Å². The van der Waals surface area contributed by atoms with Gasteiger partial charge in [0.25, 0.3) is 0 Å². The van der Waals surface area contributed by atoms with E-state index in [0.717, 1.165) is 35.9 Å². The molecular formula is C23H21F2N3O3. The average Bonchev–Trinajstić information content (AvgIpc) is 2.78. The van der Waals surface area contributed by atoms with Crippen LogP contribution in [-0.2, 0) is 24.4 Å². The van der Waals surface area contributed by atoms with E-state index in [0.29, 0.717) is 24.7 Å². The molecule has 0 spiro atoms. The van der Waals surface area contributed by atoms with Gasteiger partial charge in [-0.1, -0.05) is 12.1 Å². The molecule has 160 valence electrons. The van der Waals surface area contributed by atoms with Crippen molar-refractivity contribution in [3.8, 4) is 17.1 Å². The lowest BCUT2D eigenvalue weighted by molar-refractivity contribution is -0.137. The maximum Gasteiger partial charge on any atom is 0.304 e. The molecule has 2 heterocycles. The first-order valence-electron chi connectivity index (χ1n) is 9.94. The second-order valence-corrected chi connectivity index (χ2v) is 7.36. The maximum absolute atomic E-state index is 13.7. The van der Waals surface area contributed by atoms with Gasteiger partial charge in [0.05, 0.1) is 12.1 Å². The third-order valence-electron chi connectivity index (χ3n) is 5.19. The zero-order chi connectivity index (χ0) is 21.8. The number of halogens is 2. The molecule has 6 nitrogen and oxygen atoms in total. The van der Waals surface area contributed by atoms with Crippen molar-refractivity contribution in [1.29, 1.82) is 0 Å². The van der Waals surface area contributed by atoms with Crippen LogP contribution in [0.3, 0.4) is 0 Å². The second kappa shape index (κ2) is 9.18. The van der Waals surface area contributed by atoms with Gasteiger partial charge >= 0.3 is 5.97 Å². The monoisotopic (exact) mass is 425 g/mol. The largest absolute Gasteiger partial charge is 0.489 e. The zero-order valence-electron chi connectivity index (χ0n) is 16.7. The van der Waals surface area contributed by atoms with Crippen LogP contribution in [-0.4, -0.2) is 39.0 Å². The summed E-state index contributed by atoms with van der Waals surface area (Å²) >= 11 is 0. The standard InChI is InChI=1S/C23H21F2N3O3/c24-19-3-1-2-16(22(19)25)14-31-18-6-4-15(5-7-18)23-26-12-17-13-28(11-9-21(29)30)10-8-20(17)27-23/h1-7,12H,8-11,13-14H2,(H,29,30). The molecule has 1 aromatic heterocycles. The molecule has 4 rings (SSSR count). The number of hydrogen-bond acceptors (Lipinski definition) is 5. The number of fused-ring (bicyclic) bond motifs is 1. The summed E-state index contributed by atoms with van der Waals surface area (Å²) in [5, 5.41) is 8.84. The molecule has 1 N–H and O–H groups in total. The van der Waals surface area contributed by atoms with Crippen molar-refractivity contribution >= 4 is 5.97 Å². The average molecular weight is 425 g/mol. The molecule has 0 unspecified atom stereocenters. The molecule has 0 saturated heterocycles. The van der Waals surface area contributed by atoms with Gasteiger partial charge in [-0.05, 0) is 30.3 Å². The van der Waals surface area contributed by atoms with E-state index in [9.17, 15) is 13.6 Å². The Kier molecular flexibility index (Phi) is 6.18. The topological polar surface area (TPSA) is 75.5 Å². The highest BCUT2D eigenvalue weighted by atomic mass is 19.2. The molecule has 0 bridgehead atoms. The van der Waals surface area contributed by atoms with Gasteiger partial charge in [0.1, 0.15) is 12.4 Å². The predicted octanol–water partition coefficient (Wildman–Crippen LogP) is 3.83. The van der Waals surface area contributed by atoms with Crippen LogP contribution in [0.5, 0.6) is 5.75 Å². The van der Waals surface area contributed by atoms with Crippen LogP contribution in [0.15, 0.2) is 48.7 Å². The van der Waals surface area contributed by atoms with Gasteiger partial charge in [-0.15, -0.1) is 0 Å². The highest BCUT2D eigenvalue weighted by Gasteiger charge is 2.19. The third-order valence-corrected chi connectivity index (χ3v) is 5.19. The highest BCUT2D eigenvalue weighted by molar-refractivity contribution is 5.66. The summed E-state index contributed by atoms with van der Waals surface area (Å²) in [4.78, 5) is 22.0. The fourth-order valence-electron chi connectivity index (χ4n) is 3.48. The van der Waals surface area contributed by atoms with Gasteiger partial charge in [0.15, 0.2) is 17.5 Å². The van der Waals surface area contributed by atoms with Gasteiger partial charge in [-0.3, -0.25) is 9.69 Å². The van der Waals surface area contributed by atoms with Gasteiger partial charge in [-0.2, -0.15) is 0 Å². The minimum absolute atomic E-state index is 0.0728. The van der Waals surface area contributed by atoms with Crippen molar-refractivity contribution in [3.05, 3.63) is 77.1 Å². The lowest BCUT2D eigenvalue weighted by Gasteiger charge is -2.27.